The number of nitrogens with one attached hydrogen (secondary N) is 1. The monoisotopic (exact) mass is 528 g/mol. The molecule has 38 heavy (non-hydrogen) atoms. The zero-order valence-electron chi connectivity index (χ0n) is 20.8. The third kappa shape index (κ3) is 3.35. The lowest BCUT2D eigenvalue weighted by Crippen LogP contribution is -2.61. The minimum Gasteiger partial charge on any atom is -0.486 e. The highest BCUT2D eigenvalue weighted by molar-refractivity contribution is 7.99. The van der Waals surface area contributed by atoms with Crippen molar-refractivity contribution in [2.75, 3.05) is 43.1 Å². The van der Waals surface area contributed by atoms with Crippen LogP contribution in [0.1, 0.15) is 30.1 Å². The zero-order chi connectivity index (χ0) is 25.3. The molecule has 11 heteroatoms. The first kappa shape index (κ1) is 22.6. The van der Waals surface area contributed by atoms with Crippen LogP contribution in [0.15, 0.2) is 59.0 Å². The van der Waals surface area contributed by atoms with Crippen molar-refractivity contribution >= 4 is 29.2 Å². The third-order valence-corrected chi connectivity index (χ3v) is 9.63. The number of nitrogens with two attached hydrogens (primary N) is 1. The minimum absolute atomic E-state index is 0.0445. The Hall–Kier alpha value is -3.41. The van der Waals surface area contributed by atoms with Gasteiger partial charge >= 0.3 is 0 Å². The van der Waals surface area contributed by atoms with Crippen LogP contribution >= 0.6 is 11.8 Å². The number of piperidine rings is 1. The highest BCUT2D eigenvalue weighted by Crippen LogP contribution is 2.50. The van der Waals surface area contributed by atoms with Crippen LogP contribution in [0, 0.1) is 5.41 Å². The van der Waals surface area contributed by atoms with Gasteiger partial charge in [-0.05, 0) is 42.4 Å². The summed E-state index contributed by atoms with van der Waals surface area (Å²) in [5, 5.41) is 3.52. The summed E-state index contributed by atoms with van der Waals surface area (Å²) in [7, 11) is 0. The molecule has 0 unspecified atom stereocenters. The van der Waals surface area contributed by atoms with Crippen LogP contribution in [0.25, 0.3) is 5.65 Å². The van der Waals surface area contributed by atoms with E-state index in [1.807, 2.05) is 43.1 Å². The van der Waals surface area contributed by atoms with Gasteiger partial charge in [-0.2, -0.15) is 0 Å². The molecule has 1 aliphatic carbocycles. The third-order valence-electron chi connectivity index (χ3n) is 8.58. The summed E-state index contributed by atoms with van der Waals surface area (Å²) in [5.41, 5.74) is 9.95. The normalized spacial score (nSPS) is 22.6. The minimum atomic E-state index is -0.155. The molecule has 1 atom stereocenters. The second-order valence-corrected chi connectivity index (χ2v) is 11.9. The molecule has 194 valence electrons. The molecule has 8 rings (SSSR count). The van der Waals surface area contributed by atoms with E-state index in [0.29, 0.717) is 19.8 Å². The summed E-state index contributed by atoms with van der Waals surface area (Å²) in [6.45, 7) is 3.64. The SMILES string of the molecule is N[C@@H]1c2cccnc2CC12CCN(c1ncc(Sc3ccnc4c3OCC3(COC3)N4)c3nccn13)CC2. The molecule has 4 aromatic rings. The molecule has 3 N–H and O–H groups in total. The summed E-state index contributed by atoms with van der Waals surface area (Å²) in [6.07, 6.45) is 12.4. The van der Waals surface area contributed by atoms with Crippen LogP contribution < -0.4 is 20.7 Å². The zero-order valence-corrected chi connectivity index (χ0v) is 21.7. The van der Waals surface area contributed by atoms with Crippen molar-refractivity contribution in [1.82, 2.24) is 24.3 Å². The van der Waals surface area contributed by atoms with E-state index in [4.69, 9.17) is 25.2 Å². The van der Waals surface area contributed by atoms with Gasteiger partial charge in [-0.25, -0.2) is 15.0 Å². The molecule has 3 aliphatic heterocycles. The topological polar surface area (TPSA) is 116 Å². The lowest BCUT2D eigenvalue weighted by molar-refractivity contribution is -0.0652. The van der Waals surface area contributed by atoms with Crippen molar-refractivity contribution in [3.63, 3.8) is 0 Å². The van der Waals surface area contributed by atoms with E-state index in [2.05, 4.69) is 30.7 Å². The van der Waals surface area contributed by atoms with Gasteiger partial charge in [-0.15, -0.1) is 0 Å². The Balaban J connectivity index is 1.04. The quantitative estimate of drug-likeness (QED) is 0.411. The molecular formula is C27H28N8O2S. The average molecular weight is 529 g/mol. The van der Waals surface area contributed by atoms with E-state index in [0.717, 1.165) is 65.3 Å². The van der Waals surface area contributed by atoms with Crippen molar-refractivity contribution in [2.24, 2.45) is 11.1 Å². The van der Waals surface area contributed by atoms with Crippen molar-refractivity contribution in [3.05, 3.63) is 60.4 Å². The number of fused-ring (bicyclic) bond motifs is 3. The molecule has 0 bridgehead atoms. The smallest absolute Gasteiger partial charge is 0.211 e. The summed E-state index contributed by atoms with van der Waals surface area (Å²) in [4.78, 5) is 23.1. The van der Waals surface area contributed by atoms with E-state index in [1.54, 1.807) is 11.8 Å². The number of rotatable bonds is 3. The van der Waals surface area contributed by atoms with Crippen LogP contribution in [0.4, 0.5) is 11.8 Å². The predicted molar refractivity (Wildman–Crippen MR) is 143 cm³/mol. The van der Waals surface area contributed by atoms with Gasteiger partial charge < -0.3 is 25.4 Å². The maximum atomic E-state index is 6.76. The second-order valence-electron chi connectivity index (χ2n) is 10.9. The van der Waals surface area contributed by atoms with E-state index in [-0.39, 0.29) is 17.0 Å². The number of hydrogen-bond acceptors (Lipinski definition) is 10. The fourth-order valence-electron chi connectivity index (χ4n) is 6.34. The maximum Gasteiger partial charge on any atom is 0.211 e. The number of anilines is 2. The standard InChI is InChI=1S/C27H28N8O2S/c28-22-17-2-1-6-29-18(17)12-26(22)4-9-34(10-5-26)25-32-13-20(24-31-8-11-35(24)25)38-19-3-7-30-23-21(19)37-16-27(33-23)14-36-15-27/h1-3,6-8,11,13,22H,4-5,9-10,12,14-16,28H2,(H,30,33)/t22-/m1/s1. The first-order valence-corrected chi connectivity index (χ1v) is 13.9. The molecule has 0 aromatic carbocycles. The molecule has 0 amide bonds. The second kappa shape index (κ2) is 8.29. The number of nitrogens with zero attached hydrogens (tertiary/aromatic N) is 6. The Kier molecular flexibility index (Phi) is 4.92. The Bertz CT molecular complexity index is 1550. The van der Waals surface area contributed by atoms with E-state index in [1.165, 1.54) is 11.3 Å². The summed E-state index contributed by atoms with van der Waals surface area (Å²) in [6, 6.07) is 6.16. The van der Waals surface area contributed by atoms with Crippen molar-refractivity contribution in [2.45, 2.75) is 40.6 Å². The largest absolute Gasteiger partial charge is 0.486 e. The Labute approximate surface area is 224 Å². The maximum absolute atomic E-state index is 6.76. The summed E-state index contributed by atoms with van der Waals surface area (Å²) >= 11 is 1.60. The Morgan fingerprint density at radius 2 is 1.89 bits per heavy atom. The van der Waals surface area contributed by atoms with Gasteiger partial charge in [0, 0.05) is 55.8 Å². The van der Waals surface area contributed by atoms with E-state index >= 15 is 0 Å². The highest BCUT2D eigenvalue weighted by Gasteiger charge is 2.47. The molecule has 10 nitrogen and oxygen atoms in total. The summed E-state index contributed by atoms with van der Waals surface area (Å²) in [5.74, 6) is 2.45. The Morgan fingerprint density at radius 1 is 1.00 bits per heavy atom. The molecule has 4 aliphatic rings. The van der Waals surface area contributed by atoms with Gasteiger partial charge in [0.25, 0.3) is 0 Å². The predicted octanol–water partition coefficient (Wildman–Crippen LogP) is 3.09. The van der Waals surface area contributed by atoms with Crippen LogP contribution in [0.5, 0.6) is 5.75 Å². The van der Waals surface area contributed by atoms with Crippen LogP contribution in [-0.4, -0.2) is 62.8 Å². The van der Waals surface area contributed by atoms with Gasteiger partial charge in [0.15, 0.2) is 17.2 Å². The first-order valence-electron chi connectivity index (χ1n) is 13.1. The van der Waals surface area contributed by atoms with Gasteiger partial charge in [-0.3, -0.25) is 9.38 Å². The van der Waals surface area contributed by atoms with Crippen LogP contribution in [0.3, 0.4) is 0 Å². The highest BCUT2D eigenvalue weighted by atomic mass is 32.2. The number of aromatic nitrogens is 5. The van der Waals surface area contributed by atoms with E-state index < -0.39 is 0 Å². The molecule has 0 saturated carbocycles. The first-order chi connectivity index (χ1) is 18.6. The van der Waals surface area contributed by atoms with Crippen molar-refractivity contribution in [1.29, 1.82) is 0 Å². The van der Waals surface area contributed by atoms with E-state index in [9.17, 15) is 0 Å². The number of ether oxygens (including phenoxy) is 2. The van der Waals surface area contributed by atoms with Crippen molar-refractivity contribution in [3.8, 4) is 5.75 Å². The lowest BCUT2D eigenvalue weighted by atomic mass is 9.73. The summed E-state index contributed by atoms with van der Waals surface area (Å²) < 4.78 is 13.7. The fraction of sp³-hybridized carbons (Fsp3) is 0.407. The molecule has 0 radical (unpaired) electrons. The average Bonchev–Trinajstić information content (AvgIpc) is 3.53. The molecule has 4 aromatic heterocycles. The lowest BCUT2D eigenvalue weighted by Gasteiger charge is -2.45. The molecular weight excluding hydrogens is 500 g/mol. The molecule has 2 spiro atoms. The number of imidazole rings is 1. The van der Waals surface area contributed by atoms with Crippen molar-refractivity contribution < 1.29 is 9.47 Å². The molecule has 2 saturated heterocycles. The number of hydrogen-bond donors (Lipinski definition) is 2. The Morgan fingerprint density at radius 3 is 2.71 bits per heavy atom. The fourth-order valence-corrected chi connectivity index (χ4v) is 7.31. The molecule has 7 heterocycles. The van der Waals surface area contributed by atoms with Gasteiger partial charge in [-0.1, -0.05) is 17.8 Å². The van der Waals surface area contributed by atoms with Gasteiger partial charge in [0.05, 0.1) is 23.0 Å². The van der Waals surface area contributed by atoms with Crippen LogP contribution in [0.2, 0.25) is 0 Å². The molecule has 2 fully saturated rings. The van der Waals surface area contributed by atoms with Crippen LogP contribution in [-0.2, 0) is 11.2 Å². The van der Waals surface area contributed by atoms with Gasteiger partial charge in [0.2, 0.25) is 5.95 Å². The van der Waals surface area contributed by atoms with Gasteiger partial charge in [0.1, 0.15) is 12.1 Å². The number of pyridine rings is 2.